The quantitative estimate of drug-likeness (QED) is 0.605. The van der Waals surface area contributed by atoms with Gasteiger partial charge in [-0.25, -0.2) is 0 Å². The van der Waals surface area contributed by atoms with Crippen LogP contribution in [0.15, 0.2) is 23.8 Å². The van der Waals surface area contributed by atoms with Gasteiger partial charge in [0.15, 0.2) is 11.6 Å². The first-order valence-electron chi connectivity index (χ1n) is 6.44. The molecule has 1 aromatic rings. The number of hydrogen-bond acceptors (Lipinski definition) is 3. The molecular formula is C16H18O3. The van der Waals surface area contributed by atoms with E-state index >= 15 is 0 Å². The fourth-order valence-corrected chi connectivity index (χ4v) is 2.40. The van der Waals surface area contributed by atoms with Gasteiger partial charge in [0.2, 0.25) is 0 Å². The van der Waals surface area contributed by atoms with Gasteiger partial charge in [-0.3, -0.25) is 9.59 Å². The van der Waals surface area contributed by atoms with Crippen LogP contribution in [-0.2, 0) is 9.59 Å². The normalized spacial score (nSPS) is 19.5. The molecule has 100 valence electrons. The highest BCUT2D eigenvalue weighted by Crippen LogP contribution is 2.28. The van der Waals surface area contributed by atoms with Crippen molar-refractivity contribution in [3.05, 3.63) is 34.9 Å². The molecule has 3 heteroatoms. The topological polar surface area (TPSA) is 43.4 Å². The van der Waals surface area contributed by atoms with Gasteiger partial charge in [0.05, 0.1) is 12.7 Å². The van der Waals surface area contributed by atoms with Gasteiger partial charge in [-0.2, -0.15) is 0 Å². The molecule has 2 rings (SSSR count). The van der Waals surface area contributed by atoms with Gasteiger partial charge in [0, 0.05) is 18.4 Å². The lowest BCUT2D eigenvalue weighted by Crippen LogP contribution is -2.24. The highest BCUT2D eigenvalue weighted by atomic mass is 16.5. The summed E-state index contributed by atoms with van der Waals surface area (Å²) in [6.07, 6.45) is 2.59. The van der Waals surface area contributed by atoms with Crippen molar-refractivity contribution in [3.8, 4) is 5.75 Å². The van der Waals surface area contributed by atoms with E-state index in [1.807, 2.05) is 32.0 Å². The second-order valence-corrected chi connectivity index (χ2v) is 5.11. The number of ketones is 2. The third kappa shape index (κ3) is 2.75. The Kier molecular flexibility index (Phi) is 3.84. The number of Topliss-reactive ketones (excluding diaryl/α,β-unsaturated/α-hetero) is 2. The number of rotatable bonds is 2. The van der Waals surface area contributed by atoms with Crippen LogP contribution < -0.4 is 4.74 Å². The van der Waals surface area contributed by atoms with Crippen LogP contribution in [0.25, 0.3) is 6.08 Å². The monoisotopic (exact) mass is 258 g/mol. The average Bonchev–Trinajstić information content (AvgIpc) is 2.34. The Morgan fingerprint density at radius 1 is 1.21 bits per heavy atom. The summed E-state index contributed by atoms with van der Waals surface area (Å²) in [5.74, 6) is 0.714. The van der Waals surface area contributed by atoms with Crippen molar-refractivity contribution in [2.75, 3.05) is 7.11 Å². The maximum Gasteiger partial charge on any atom is 0.166 e. The molecule has 0 radical (unpaired) electrons. The van der Waals surface area contributed by atoms with Crippen molar-refractivity contribution in [2.24, 2.45) is 5.92 Å². The molecule has 1 saturated carbocycles. The molecular weight excluding hydrogens is 240 g/mol. The van der Waals surface area contributed by atoms with Crippen molar-refractivity contribution in [1.82, 2.24) is 0 Å². The number of carbonyl (C=O) groups is 2. The van der Waals surface area contributed by atoms with E-state index in [9.17, 15) is 9.59 Å². The molecule has 0 atom stereocenters. The van der Waals surface area contributed by atoms with Gasteiger partial charge in [-0.05, 0) is 30.5 Å². The number of allylic oxidation sites excluding steroid dienone is 1. The molecule has 0 unspecified atom stereocenters. The lowest BCUT2D eigenvalue weighted by atomic mass is 9.84. The van der Waals surface area contributed by atoms with Crippen LogP contribution >= 0.6 is 0 Å². The van der Waals surface area contributed by atoms with Crippen molar-refractivity contribution in [2.45, 2.75) is 26.7 Å². The van der Waals surface area contributed by atoms with Gasteiger partial charge in [-0.15, -0.1) is 0 Å². The molecule has 3 nitrogen and oxygen atoms in total. The average molecular weight is 258 g/mol. The van der Waals surface area contributed by atoms with Crippen molar-refractivity contribution >= 4 is 17.6 Å². The van der Waals surface area contributed by atoms with E-state index in [1.165, 1.54) is 0 Å². The maximum absolute atomic E-state index is 12.0. The summed E-state index contributed by atoms with van der Waals surface area (Å²) in [6.45, 7) is 3.87. The zero-order valence-electron chi connectivity index (χ0n) is 11.5. The predicted octanol–water partition coefficient (Wildman–Crippen LogP) is 2.96. The minimum absolute atomic E-state index is 0.0611. The Labute approximate surface area is 113 Å². The lowest BCUT2D eigenvalue weighted by molar-refractivity contribution is -0.125. The molecule has 0 spiro atoms. The van der Waals surface area contributed by atoms with Crippen LogP contribution in [0.3, 0.4) is 0 Å². The van der Waals surface area contributed by atoms with E-state index < -0.39 is 0 Å². The predicted molar refractivity (Wildman–Crippen MR) is 74.1 cm³/mol. The molecule has 0 aliphatic heterocycles. The third-order valence-corrected chi connectivity index (χ3v) is 3.46. The molecule has 0 bridgehead atoms. The van der Waals surface area contributed by atoms with Crippen LogP contribution in [0, 0.1) is 12.8 Å². The summed E-state index contributed by atoms with van der Waals surface area (Å²) < 4.78 is 5.29. The van der Waals surface area contributed by atoms with E-state index in [2.05, 4.69) is 0 Å². The Morgan fingerprint density at radius 2 is 1.84 bits per heavy atom. The minimum Gasteiger partial charge on any atom is -0.496 e. The first-order valence-corrected chi connectivity index (χ1v) is 6.44. The zero-order chi connectivity index (χ0) is 14.0. The van der Waals surface area contributed by atoms with Gasteiger partial charge in [-0.1, -0.05) is 19.1 Å². The SMILES string of the molecule is COc1cccc(C)c1C=C1C(=O)CC(C)CC1=O. The lowest BCUT2D eigenvalue weighted by Gasteiger charge is -2.18. The highest BCUT2D eigenvalue weighted by Gasteiger charge is 2.28. The zero-order valence-corrected chi connectivity index (χ0v) is 11.5. The summed E-state index contributed by atoms with van der Waals surface area (Å²) in [5.41, 5.74) is 2.12. The molecule has 19 heavy (non-hydrogen) atoms. The molecule has 0 N–H and O–H groups in total. The van der Waals surface area contributed by atoms with Crippen LogP contribution in [0.2, 0.25) is 0 Å². The molecule has 1 aliphatic carbocycles. The van der Waals surface area contributed by atoms with Gasteiger partial charge in [0.1, 0.15) is 5.75 Å². The first-order chi connectivity index (χ1) is 9.02. The Bertz CT molecular complexity index is 535. The molecule has 1 fully saturated rings. The fraction of sp³-hybridized carbons (Fsp3) is 0.375. The van der Waals surface area contributed by atoms with E-state index in [-0.39, 0.29) is 17.5 Å². The summed E-state index contributed by atoms with van der Waals surface area (Å²) >= 11 is 0. The Hall–Kier alpha value is -1.90. The van der Waals surface area contributed by atoms with E-state index in [4.69, 9.17) is 4.74 Å². The fourth-order valence-electron chi connectivity index (χ4n) is 2.40. The number of carbonyl (C=O) groups excluding carboxylic acids is 2. The van der Waals surface area contributed by atoms with Gasteiger partial charge >= 0.3 is 0 Å². The van der Waals surface area contributed by atoms with Crippen LogP contribution in [0.4, 0.5) is 0 Å². The molecule has 0 saturated heterocycles. The van der Waals surface area contributed by atoms with Crippen molar-refractivity contribution in [1.29, 1.82) is 0 Å². The third-order valence-electron chi connectivity index (χ3n) is 3.46. The van der Waals surface area contributed by atoms with E-state index in [0.29, 0.717) is 24.2 Å². The van der Waals surface area contributed by atoms with Crippen molar-refractivity contribution in [3.63, 3.8) is 0 Å². The number of hydrogen-bond donors (Lipinski definition) is 0. The van der Waals surface area contributed by atoms with E-state index in [1.54, 1.807) is 13.2 Å². The summed E-state index contributed by atoms with van der Waals surface area (Å²) in [7, 11) is 1.59. The number of aryl methyl sites for hydroxylation is 1. The first kappa shape index (κ1) is 13.5. The number of methoxy groups -OCH3 is 1. The summed E-state index contributed by atoms with van der Waals surface area (Å²) in [5, 5.41) is 0. The van der Waals surface area contributed by atoms with Crippen LogP contribution in [-0.4, -0.2) is 18.7 Å². The molecule has 0 heterocycles. The smallest absolute Gasteiger partial charge is 0.166 e. The standard InChI is InChI=1S/C16H18O3/c1-10-7-14(17)13(15(18)8-10)9-12-11(2)5-4-6-16(12)19-3/h4-6,9-10H,7-8H2,1-3H3. The highest BCUT2D eigenvalue weighted by molar-refractivity contribution is 6.25. The second kappa shape index (κ2) is 5.39. The largest absolute Gasteiger partial charge is 0.496 e. The van der Waals surface area contributed by atoms with E-state index in [0.717, 1.165) is 11.1 Å². The molecule has 1 aromatic carbocycles. The van der Waals surface area contributed by atoms with Crippen LogP contribution in [0.5, 0.6) is 5.75 Å². The molecule has 1 aliphatic rings. The Morgan fingerprint density at radius 3 is 2.42 bits per heavy atom. The Balaban J connectivity index is 2.46. The van der Waals surface area contributed by atoms with Crippen molar-refractivity contribution < 1.29 is 14.3 Å². The molecule has 0 amide bonds. The molecule has 0 aromatic heterocycles. The number of benzene rings is 1. The number of ether oxygens (including phenoxy) is 1. The maximum atomic E-state index is 12.0. The van der Waals surface area contributed by atoms with Gasteiger partial charge < -0.3 is 4.74 Å². The van der Waals surface area contributed by atoms with Crippen LogP contribution in [0.1, 0.15) is 30.9 Å². The minimum atomic E-state index is -0.0611. The second-order valence-electron chi connectivity index (χ2n) is 5.11. The summed E-state index contributed by atoms with van der Waals surface area (Å²) in [6, 6.07) is 5.66. The van der Waals surface area contributed by atoms with Gasteiger partial charge in [0.25, 0.3) is 0 Å². The summed E-state index contributed by atoms with van der Waals surface area (Å²) in [4.78, 5) is 24.0.